The normalized spacial score (nSPS) is 24.1. The van der Waals surface area contributed by atoms with E-state index in [0.717, 1.165) is 31.0 Å². The molecule has 1 saturated heterocycles. The lowest BCUT2D eigenvalue weighted by Crippen LogP contribution is -2.55. The summed E-state index contributed by atoms with van der Waals surface area (Å²) in [6, 6.07) is 14.9. The number of cyclic esters (lactones) is 4. The van der Waals surface area contributed by atoms with E-state index < -0.39 is 96.1 Å². The first-order chi connectivity index (χ1) is 37.3. The molecular formula is C60H84N6O13. The molecule has 2 aliphatic heterocycles. The first-order valence-electron chi connectivity index (χ1n) is 27.6. The Bertz CT molecular complexity index is 2560. The first kappa shape index (κ1) is 62.8. The Morgan fingerprint density at radius 1 is 0.468 bits per heavy atom. The highest BCUT2D eigenvalue weighted by molar-refractivity contribution is 5.94. The lowest BCUT2D eigenvalue weighted by atomic mass is 9.99. The van der Waals surface area contributed by atoms with Gasteiger partial charge in [0.25, 0.3) is 23.6 Å². The number of amides is 4. The third-order valence-corrected chi connectivity index (χ3v) is 14.2. The number of rotatable bonds is 14. The minimum absolute atomic E-state index is 0.0855. The van der Waals surface area contributed by atoms with E-state index in [4.69, 9.17) is 23.7 Å². The number of aromatic nitrogens is 1. The number of carbonyl (C=O) groups excluding carboxylic acids is 8. The topological polar surface area (TPSA) is 212 Å². The van der Waals surface area contributed by atoms with Gasteiger partial charge in [-0.25, -0.2) is 24.2 Å². The molecule has 2 aromatic carbocycles. The predicted octanol–water partition coefficient (Wildman–Crippen LogP) is 6.46. The molecule has 5 rings (SSSR count). The van der Waals surface area contributed by atoms with Crippen molar-refractivity contribution >= 4 is 53.3 Å². The molecule has 19 heteroatoms. The Labute approximate surface area is 466 Å². The lowest BCUT2D eigenvalue weighted by Gasteiger charge is -2.35. The van der Waals surface area contributed by atoms with E-state index in [9.17, 15) is 33.6 Å². The number of nitrogens with zero attached hydrogens (tertiary/aromatic N) is 6. The molecule has 0 radical (unpaired) electrons. The van der Waals surface area contributed by atoms with Crippen LogP contribution in [0.1, 0.15) is 112 Å². The van der Waals surface area contributed by atoms with Crippen molar-refractivity contribution in [2.24, 2.45) is 23.7 Å². The average Bonchev–Trinajstić information content (AvgIpc) is 3.40. The van der Waals surface area contributed by atoms with Gasteiger partial charge in [-0.2, -0.15) is 0 Å². The van der Waals surface area contributed by atoms with E-state index in [0.29, 0.717) is 36.6 Å². The number of anilines is 1. The van der Waals surface area contributed by atoms with E-state index in [1.165, 1.54) is 42.0 Å². The fraction of sp³-hybridized carbons (Fsp3) is 0.583. The highest BCUT2D eigenvalue weighted by Crippen LogP contribution is 2.30. The van der Waals surface area contributed by atoms with E-state index in [-0.39, 0.29) is 62.2 Å². The second kappa shape index (κ2) is 28.7. The predicted molar refractivity (Wildman–Crippen MR) is 296 cm³/mol. The summed E-state index contributed by atoms with van der Waals surface area (Å²) in [5.41, 5.74) is 2.20. The van der Waals surface area contributed by atoms with Crippen molar-refractivity contribution < 1.29 is 62.0 Å². The van der Waals surface area contributed by atoms with Gasteiger partial charge in [-0.05, 0) is 92.0 Å². The first-order valence-corrected chi connectivity index (χ1v) is 27.6. The minimum atomic E-state index is -1.54. The Morgan fingerprint density at radius 3 is 1.24 bits per heavy atom. The van der Waals surface area contributed by atoms with Gasteiger partial charge in [0.05, 0.1) is 6.54 Å². The summed E-state index contributed by atoms with van der Waals surface area (Å²) < 4.78 is 29.9. The molecule has 0 unspecified atom stereocenters. The maximum Gasteiger partial charge on any atom is 0.329 e. The standard InChI is InChI=1S/C60H84N6O13/c1-36(2)29-45-57(71)76-41(10)54(68)63(12)48(32-39(7)8)60(74)79-51(34-43-22-24-44(25-23-43)35-66-27-28-75-49-21-18-26-61-52(49)66)56(70)65(14)46(30-37(3)4)58(72)77-40(9)53(67)62(11)47(31-38(5)6)59(73)78-50(55(69)64(45)13)33-42-19-16-15-17-20-42/h15-26,36-41,45-48,50-51H,27-35H2,1-14H3/t40-,41-,45+,46+,47+,48+,50-,51-/m1/s1. The van der Waals surface area contributed by atoms with Crippen LogP contribution in [0.25, 0.3) is 0 Å². The number of pyridine rings is 1. The zero-order chi connectivity index (χ0) is 58.4. The largest absolute Gasteiger partial charge is 0.488 e. The van der Waals surface area contributed by atoms with Crippen LogP contribution in [0.15, 0.2) is 72.9 Å². The Morgan fingerprint density at radius 2 is 0.835 bits per heavy atom. The van der Waals surface area contributed by atoms with Gasteiger partial charge in [0.15, 0.2) is 36.0 Å². The number of esters is 4. The van der Waals surface area contributed by atoms with Crippen LogP contribution < -0.4 is 9.64 Å². The minimum Gasteiger partial charge on any atom is -0.488 e. The van der Waals surface area contributed by atoms with Gasteiger partial charge in [0.1, 0.15) is 30.8 Å². The molecule has 1 fully saturated rings. The van der Waals surface area contributed by atoms with E-state index in [2.05, 4.69) is 9.88 Å². The van der Waals surface area contributed by atoms with Crippen LogP contribution in [-0.2, 0) is 76.7 Å². The van der Waals surface area contributed by atoms with Crippen LogP contribution in [0.2, 0.25) is 0 Å². The molecule has 8 atom stereocenters. The average molecular weight is 1100 g/mol. The molecule has 3 aromatic rings. The number of likely N-dealkylation sites (N-methyl/N-ethyl adjacent to an activating group) is 4. The number of ether oxygens (including phenoxy) is 5. The SMILES string of the molecule is CC(C)C[C@H]1C(=O)O[C@H](Cc2ccc(CN3CCOc4cccnc43)cc2)C(=O)N(C)[C@@H](CC(C)C)C(=O)O[C@H](C)C(=O)N(C)[C@@H](CC(C)C)C(=O)O[C@H](Cc2ccccc2)C(=O)N(C)[C@@H](CC(C)C)C(=O)O[C@H](C)C(=O)N1C. The van der Waals surface area contributed by atoms with Crippen LogP contribution in [0, 0.1) is 23.7 Å². The van der Waals surface area contributed by atoms with Crippen molar-refractivity contribution in [2.75, 3.05) is 46.2 Å². The van der Waals surface area contributed by atoms with Gasteiger partial charge in [0.2, 0.25) is 0 Å². The van der Waals surface area contributed by atoms with Crippen molar-refractivity contribution in [1.82, 2.24) is 24.6 Å². The molecule has 0 spiro atoms. The summed E-state index contributed by atoms with van der Waals surface area (Å²) >= 11 is 0. The fourth-order valence-electron chi connectivity index (χ4n) is 9.78. The third-order valence-electron chi connectivity index (χ3n) is 14.2. The molecule has 432 valence electrons. The molecular weight excluding hydrogens is 1010 g/mol. The van der Waals surface area contributed by atoms with E-state index in [1.807, 2.05) is 91.8 Å². The highest BCUT2D eigenvalue weighted by atomic mass is 16.6. The molecule has 4 amide bonds. The van der Waals surface area contributed by atoms with Crippen LogP contribution in [0.5, 0.6) is 5.75 Å². The summed E-state index contributed by atoms with van der Waals surface area (Å²) in [5, 5.41) is 0. The van der Waals surface area contributed by atoms with Gasteiger partial charge in [-0.3, -0.25) is 19.2 Å². The number of fused-ring (bicyclic) bond motifs is 1. The second-order valence-corrected chi connectivity index (χ2v) is 22.7. The quantitative estimate of drug-likeness (QED) is 0.125. The zero-order valence-corrected chi connectivity index (χ0v) is 48.7. The molecule has 0 saturated carbocycles. The van der Waals surface area contributed by atoms with Gasteiger partial charge < -0.3 is 48.2 Å². The van der Waals surface area contributed by atoms with Gasteiger partial charge in [-0.1, -0.05) is 110 Å². The van der Waals surface area contributed by atoms with Crippen LogP contribution >= 0.6 is 0 Å². The molecule has 0 aliphatic carbocycles. The number of benzene rings is 2. The highest BCUT2D eigenvalue weighted by Gasteiger charge is 2.43. The maximum atomic E-state index is 15.1. The van der Waals surface area contributed by atoms with Gasteiger partial charge in [0, 0.05) is 53.8 Å². The molecule has 1 aromatic heterocycles. The molecule has 0 N–H and O–H groups in total. The van der Waals surface area contributed by atoms with Gasteiger partial charge >= 0.3 is 23.9 Å². The smallest absolute Gasteiger partial charge is 0.329 e. The van der Waals surface area contributed by atoms with Crippen LogP contribution in [0.3, 0.4) is 0 Å². The van der Waals surface area contributed by atoms with Crippen molar-refractivity contribution in [3.63, 3.8) is 0 Å². The van der Waals surface area contributed by atoms with Crippen molar-refractivity contribution in [3.8, 4) is 5.75 Å². The summed E-state index contributed by atoms with van der Waals surface area (Å²) in [6.45, 7) is 19.2. The summed E-state index contributed by atoms with van der Waals surface area (Å²) in [5.74, 6) is -5.92. The van der Waals surface area contributed by atoms with Crippen LogP contribution in [-0.4, -0.2) is 162 Å². The Hall–Kier alpha value is -7.05. The van der Waals surface area contributed by atoms with E-state index >= 15 is 4.79 Å². The van der Waals surface area contributed by atoms with Crippen molar-refractivity contribution in [2.45, 2.75) is 163 Å². The summed E-state index contributed by atoms with van der Waals surface area (Å²) in [4.78, 5) is 128. The molecule has 2 aliphatic rings. The number of hydrogen-bond acceptors (Lipinski definition) is 15. The Kier molecular flexibility index (Phi) is 22.8. The zero-order valence-electron chi connectivity index (χ0n) is 48.7. The van der Waals surface area contributed by atoms with Crippen molar-refractivity contribution in [1.29, 1.82) is 0 Å². The monoisotopic (exact) mass is 1100 g/mol. The maximum absolute atomic E-state index is 15.1. The fourth-order valence-corrected chi connectivity index (χ4v) is 9.78. The van der Waals surface area contributed by atoms with Crippen LogP contribution in [0.4, 0.5) is 5.82 Å². The van der Waals surface area contributed by atoms with E-state index in [1.54, 1.807) is 36.5 Å². The molecule has 0 bridgehead atoms. The Balaban J connectivity index is 1.58. The second-order valence-electron chi connectivity index (χ2n) is 22.7. The van der Waals surface area contributed by atoms with Gasteiger partial charge in [-0.15, -0.1) is 0 Å². The number of hydrogen-bond donors (Lipinski definition) is 0. The molecule has 79 heavy (non-hydrogen) atoms. The molecule has 19 nitrogen and oxygen atoms in total. The van der Waals surface area contributed by atoms with Crippen molar-refractivity contribution in [3.05, 3.63) is 89.6 Å². The summed E-state index contributed by atoms with van der Waals surface area (Å²) in [7, 11) is 5.58. The third kappa shape index (κ3) is 17.2. The lowest BCUT2D eigenvalue weighted by molar-refractivity contribution is -0.176. The molecule has 3 heterocycles. The number of carbonyl (C=O) groups is 8. The summed E-state index contributed by atoms with van der Waals surface area (Å²) in [6.07, 6.45) is -4.12.